The molecule has 1 aromatic heterocycles. The molecule has 0 saturated heterocycles. The maximum Gasteiger partial charge on any atom is 0.225 e. The van der Waals surface area contributed by atoms with Gasteiger partial charge < -0.3 is 15.4 Å². The molecule has 0 aliphatic rings. The average Bonchev–Trinajstić information content (AvgIpc) is 2.67. The number of hydrogen-bond acceptors (Lipinski definition) is 5. The standard InChI is InChI=1S/C20H22N4O/c1-3-13-21-20-23-17(15-9-5-4-6-10-15)14-19(24-20)22-16-11-7-8-12-18(16)25-2/h4-12,14H,3,13H2,1-2H3,(H2,21,22,23,24). The van der Waals surface area contributed by atoms with Crippen LogP contribution in [0.15, 0.2) is 60.7 Å². The topological polar surface area (TPSA) is 59.1 Å². The Hall–Kier alpha value is -3.08. The molecule has 2 aromatic carbocycles. The smallest absolute Gasteiger partial charge is 0.225 e. The highest BCUT2D eigenvalue weighted by atomic mass is 16.5. The number of nitrogens with one attached hydrogen (secondary N) is 2. The first-order valence-electron chi connectivity index (χ1n) is 8.38. The summed E-state index contributed by atoms with van der Waals surface area (Å²) in [5.74, 6) is 2.10. The number of aromatic nitrogens is 2. The first kappa shape index (κ1) is 16.8. The molecular formula is C20H22N4O. The van der Waals surface area contributed by atoms with Crippen molar-refractivity contribution in [2.24, 2.45) is 0 Å². The maximum absolute atomic E-state index is 5.41. The Morgan fingerprint density at radius 2 is 1.72 bits per heavy atom. The molecule has 1 heterocycles. The van der Waals surface area contributed by atoms with Crippen LogP contribution < -0.4 is 15.4 Å². The monoisotopic (exact) mass is 334 g/mol. The Balaban J connectivity index is 1.97. The van der Waals surface area contributed by atoms with Crippen molar-refractivity contribution >= 4 is 17.5 Å². The van der Waals surface area contributed by atoms with E-state index in [-0.39, 0.29) is 0 Å². The fourth-order valence-electron chi connectivity index (χ4n) is 2.47. The number of ether oxygens (including phenoxy) is 1. The lowest BCUT2D eigenvalue weighted by molar-refractivity contribution is 0.417. The van der Waals surface area contributed by atoms with Crippen LogP contribution in [0, 0.1) is 0 Å². The zero-order chi connectivity index (χ0) is 17.5. The summed E-state index contributed by atoms with van der Waals surface area (Å²) in [6.45, 7) is 2.94. The highest BCUT2D eigenvalue weighted by molar-refractivity contribution is 5.69. The lowest BCUT2D eigenvalue weighted by Gasteiger charge is -2.13. The molecule has 0 bridgehead atoms. The summed E-state index contributed by atoms with van der Waals surface area (Å²) in [5, 5.41) is 6.60. The molecule has 25 heavy (non-hydrogen) atoms. The molecule has 5 nitrogen and oxygen atoms in total. The van der Waals surface area contributed by atoms with Crippen molar-refractivity contribution in [2.45, 2.75) is 13.3 Å². The maximum atomic E-state index is 5.41. The third kappa shape index (κ3) is 4.26. The van der Waals surface area contributed by atoms with Crippen LogP contribution in [0.5, 0.6) is 5.75 Å². The van der Waals surface area contributed by atoms with E-state index in [4.69, 9.17) is 4.74 Å². The van der Waals surface area contributed by atoms with Gasteiger partial charge in [-0.2, -0.15) is 4.98 Å². The minimum Gasteiger partial charge on any atom is -0.495 e. The van der Waals surface area contributed by atoms with Gasteiger partial charge in [0.1, 0.15) is 11.6 Å². The van der Waals surface area contributed by atoms with Gasteiger partial charge in [-0.15, -0.1) is 0 Å². The van der Waals surface area contributed by atoms with Crippen molar-refractivity contribution < 1.29 is 4.74 Å². The number of anilines is 3. The molecule has 3 aromatic rings. The molecule has 0 spiro atoms. The molecular weight excluding hydrogens is 312 g/mol. The minimum absolute atomic E-state index is 0.612. The van der Waals surface area contributed by atoms with Gasteiger partial charge in [0.05, 0.1) is 18.5 Å². The first-order valence-corrected chi connectivity index (χ1v) is 8.38. The van der Waals surface area contributed by atoms with Gasteiger partial charge in [-0.3, -0.25) is 0 Å². The quantitative estimate of drug-likeness (QED) is 0.655. The molecule has 0 aliphatic heterocycles. The molecule has 0 atom stereocenters. The van der Waals surface area contributed by atoms with Gasteiger partial charge in [0.15, 0.2) is 0 Å². The van der Waals surface area contributed by atoms with Crippen molar-refractivity contribution in [3.05, 3.63) is 60.7 Å². The Morgan fingerprint density at radius 3 is 2.48 bits per heavy atom. The van der Waals surface area contributed by atoms with E-state index in [1.165, 1.54) is 0 Å². The number of para-hydroxylation sites is 2. The predicted octanol–water partition coefficient (Wildman–Crippen LogP) is 4.72. The SMILES string of the molecule is CCCNc1nc(Nc2ccccc2OC)cc(-c2ccccc2)n1. The zero-order valence-electron chi connectivity index (χ0n) is 14.5. The Labute approximate surface area is 148 Å². The third-order valence-electron chi connectivity index (χ3n) is 3.70. The van der Waals surface area contributed by atoms with Gasteiger partial charge in [0.25, 0.3) is 0 Å². The second-order valence-electron chi connectivity index (χ2n) is 5.58. The van der Waals surface area contributed by atoms with Crippen molar-refractivity contribution in [2.75, 3.05) is 24.3 Å². The van der Waals surface area contributed by atoms with E-state index in [0.717, 1.165) is 41.5 Å². The van der Waals surface area contributed by atoms with Crippen molar-refractivity contribution in [1.29, 1.82) is 0 Å². The lowest BCUT2D eigenvalue weighted by Crippen LogP contribution is -2.07. The van der Waals surface area contributed by atoms with Gasteiger partial charge in [0, 0.05) is 18.2 Å². The Morgan fingerprint density at radius 1 is 0.960 bits per heavy atom. The molecule has 2 N–H and O–H groups in total. The molecule has 0 saturated carbocycles. The normalized spacial score (nSPS) is 10.3. The van der Waals surface area contributed by atoms with Crippen LogP contribution in [0.2, 0.25) is 0 Å². The predicted molar refractivity (Wildman–Crippen MR) is 103 cm³/mol. The van der Waals surface area contributed by atoms with Gasteiger partial charge in [-0.25, -0.2) is 4.98 Å². The van der Waals surface area contributed by atoms with Crippen LogP contribution in [0.25, 0.3) is 11.3 Å². The van der Waals surface area contributed by atoms with Crippen molar-refractivity contribution in [1.82, 2.24) is 9.97 Å². The van der Waals surface area contributed by atoms with E-state index in [2.05, 4.69) is 27.5 Å². The average molecular weight is 334 g/mol. The highest BCUT2D eigenvalue weighted by Gasteiger charge is 2.09. The van der Waals surface area contributed by atoms with Crippen LogP contribution in [-0.2, 0) is 0 Å². The Bertz CT molecular complexity index is 821. The van der Waals surface area contributed by atoms with E-state index in [0.29, 0.717) is 5.95 Å². The van der Waals surface area contributed by atoms with E-state index in [9.17, 15) is 0 Å². The molecule has 0 aliphatic carbocycles. The summed E-state index contributed by atoms with van der Waals surface area (Å²) in [7, 11) is 1.66. The first-order chi connectivity index (χ1) is 12.3. The van der Waals surface area contributed by atoms with Crippen molar-refractivity contribution in [3.63, 3.8) is 0 Å². The number of nitrogens with zero attached hydrogens (tertiary/aromatic N) is 2. The number of hydrogen-bond donors (Lipinski definition) is 2. The van der Waals surface area contributed by atoms with Crippen LogP contribution in [0.1, 0.15) is 13.3 Å². The van der Waals surface area contributed by atoms with Gasteiger partial charge in [-0.1, -0.05) is 49.4 Å². The summed E-state index contributed by atoms with van der Waals surface area (Å²) in [5.41, 5.74) is 2.78. The van der Waals surface area contributed by atoms with E-state index in [1.54, 1.807) is 7.11 Å². The summed E-state index contributed by atoms with van der Waals surface area (Å²) in [6.07, 6.45) is 1.01. The lowest BCUT2D eigenvalue weighted by atomic mass is 10.1. The molecule has 5 heteroatoms. The van der Waals surface area contributed by atoms with Crippen LogP contribution in [0.4, 0.5) is 17.5 Å². The zero-order valence-corrected chi connectivity index (χ0v) is 14.5. The van der Waals surface area contributed by atoms with Crippen LogP contribution >= 0.6 is 0 Å². The van der Waals surface area contributed by atoms with Crippen LogP contribution in [-0.4, -0.2) is 23.6 Å². The van der Waals surface area contributed by atoms with Crippen LogP contribution in [0.3, 0.4) is 0 Å². The summed E-state index contributed by atoms with van der Waals surface area (Å²) >= 11 is 0. The number of methoxy groups -OCH3 is 1. The fourth-order valence-corrected chi connectivity index (χ4v) is 2.47. The molecule has 3 rings (SSSR count). The van der Waals surface area contributed by atoms with Gasteiger partial charge in [0.2, 0.25) is 5.95 Å². The molecule has 128 valence electrons. The minimum atomic E-state index is 0.612. The Kier molecular flexibility index (Phi) is 5.46. The van der Waals surface area contributed by atoms with E-state index < -0.39 is 0 Å². The fraction of sp³-hybridized carbons (Fsp3) is 0.200. The summed E-state index contributed by atoms with van der Waals surface area (Å²) in [6, 6.07) is 19.8. The molecule has 0 amide bonds. The molecule has 0 unspecified atom stereocenters. The number of rotatable bonds is 7. The second kappa shape index (κ2) is 8.15. The summed E-state index contributed by atoms with van der Waals surface area (Å²) in [4.78, 5) is 9.21. The van der Waals surface area contributed by atoms with Gasteiger partial charge >= 0.3 is 0 Å². The number of benzene rings is 2. The largest absolute Gasteiger partial charge is 0.495 e. The van der Waals surface area contributed by atoms with Crippen molar-refractivity contribution in [3.8, 4) is 17.0 Å². The highest BCUT2D eigenvalue weighted by Crippen LogP contribution is 2.28. The molecule has 0 fully saturated rings. The summed E-state index contributed by atoms with van der Waals surface area (Å²) < 4.78 is 5.41. The second-order valence-corrected chi connectivity index (χ2v) is 5.58. The van der Waals surface area contributed by atoms with E-state index in [1.807, 2.05) is 60.7 Å². The third-order valence-corrected chi connectivity index (χ3v) is 3.70. The van der Waals surface area contributed by atoms with E-state index >= 15 is 0 Å². The molecule has 0 radical (unpaired) electrons. The van der Waals surface area contributed by atoms with Gasteiger partial charge in [-0.05, 0) is 18.6 Å².